The largest absolute Gasteiger partial charge is 0.385 e. The lowest BCUT2D eigenvalue weighted by Gasteiger charge is -2.52. The molecule has 2 fully saturated rings. The first-order valence-corrected chi connectivity index (χ1v) is 9.62. The first-order valence-electron chi connectivity index (χ1n) is 8.23. The Morgan fingerprint density at radius 2 is 2.05 bits per heavy atom. The predicted molar refractivity (Wildman–Crippen MR) is 90.8 cm³/mol. The van der Waals surface area contributed by atoms with Gasteiger partial charge >= 0.3 is 0 Å². The zero-order valence-electron chi connectivity index (χ0n) is 13.2. The van der Waals surface area contributed by atoms with E-state index >= 15 is 0 Å². The van der Waals surface area contributed by atoms with E-state index in [9.17, 15) is 9.90 Å². The Morgan fingerprint density at radius 3 is 2.77 bits per heavy atom. The maximum absolute atomic E-state index is 12.4. The van der Waals surface area contributed by atoms with Crippen LogP contribution in [0, 0.1) is 5.92 Å². The Kier molecular flexibility index (Phi) is 4.79. The first-order chi connectivity index (χ1) is 10.7. The van der Waals surface area contributed by atoms with Crippen molar-refractivity contribution in [3.63, 3.8) is 0 Å². The number of likely N-dealkylation sites (tertiary alicyclic amines) is 1. The Balaban J connectivity index is 1.89. The topological polar surface area (TPSA) is 40.5 Å². The van der Waals surface area contributed by atoms with Crippen LogP contribution in [0.5, 0.6) is 0 Å². The lowest BCUT2D eigenvalue weighted by molar-refractivity contribution is -0.152. The van der Waals surface area contributed by atoms with E-state index in [0.29, 0.717) is 18.7 Å². The Hall–Kier alpha value is -1.00. The molecule has 3 rings (SSSR count). The van der Waals surface area contributed by atoms with Crippen molar-refractivity contribution in [2.45, 2.75) is 43.7 Å². The summed E-state index contributed by atoms with van der Waals surface area (Å²) < 4.78 is 0. The van der Waals surface area contributed by atoms with Crippen LogP contribution in [0.15, 0.2) is 30.3 Å². The summed E-state index contributed by atoms with van der Waals surface area (Å²) in [5.74, 6) is 0.954. The molecule has 1 aliphatic carbocycles. The van der Waals surface area contributed by atoms with Crippen LogP contribution in [0.25, 0.3) is 0 Å². The SMILES string of the molecule is CSCC(=O)N1CC[C@@](O)(c2ccccc2)[C@H]2CCCC[C@H]21. The monoisotopic (exact) mass is 319 g/mol. The van der Waals surface area contributed by atoms with Gasteiger partial charge in [0.25, 0.3) is 0 Å². The molecule has 0 bridgehead atoms. The van der Waals surface area contributed by atoms with Gasteiger partial charge < -0.3 is 10.0 Å². The molecule has 1 N–H and O–H groups in total. The normalized spacial score (nSPS) is 31.6. The van der Waals surface area contributed by atoms with Gasteiger partial charge in [-0.1, -0.05) is 43.2 Å². The van der Waals surface area contributed by atoms with Gasteiger partial charge in [0, 0.05) is 18.5 Å². The van der Waals surface area contributed by atoms with Crippen LogP contribution in [-0.2, 0) is 10.4 Å². The molecular weight excluding hydrogens is 294 g/mol. The molecule has 4 heteroatoms. The van der Waals surface area contributed by atoms with Crippen molar-refractivity contribution in [1.82, 2.24) is 4.90 Å². The van der Waals surface area contributed by atoms with Crippen molar-refractivity contribution in [3.8, 4) is 0 Å². The highest BCUT2D eigenvalue weighted by Gasteiger charge is 2.49. The van der Waals surface area contributed by atoms with Crippen LogP contribution >= 0.6 is 11.8 Å². The molecule has 1 saturated carbocycles. The number of hydrogen-bond acceptors (Lipinski definition) is 3. The van der Waals surface area contributed by atoms with Crippen LogP contribution in [0.2, 0.25) is 0 Å². The van der Waals surface area contributed by atoms with E-state index in [1.165, 1.54) is 0 Å². The highest BCUT2D eigenvalue weighted by atomic mass is 32.2. The number of carbonyl (C=O) groups is 1. The highest BCUT2D eigenvalue weighted by Crippen LogP contribution is 2.46. The summed E-state index contributed by atoms with van der Waals surface area (Å²) in [5, 5.41) is 11.4. The van der Waals surface area contributed by atoms with E-state index in [2.05, 4.69) is 4.90 Å². The second kappa shape index (κ2) is 6.63. The number of aliphatic hydroxyl groups is 1. The molecule has 3 nitrogen and oxygen atoms in total. The van der Waals surface area contributed by atoms with Gasteiger partial charge in [-0.15, -0.1) is 0 Å². The summed E-state index contributed by atoms with van der Waals surface area (Å²) in [6.45, 7) is 0.673. The molecule has 0 aromatic heterocycles. The van der Waals surface area contributed by atoms with Gasteiger partial charge in [-0.2, -0.15) is 11.8 Å². The quantitative estimate of drug-likeness (QED) is 0.931. The smallest absolute Gasteiger partial charge is 0.232 e. The molecule has 1 amide bonds. The van der Waals surface area contributed by atoms with Crippen LogP contribution < -0.4 is 0 Å². The van der Waals surface area contributed by atoms with Gasteiger partial charge in [0.15, 0.2) is 0 Å². The van der Waals surface area contributed by atoms with E-state index in [1.54, 1.807) is 11.8 Å². The number of benzene rings is 1. The molecule has 120 valence electrons. The Labute approximate surface area is 137 Å². The van der Waals surface area contributed by atoms with Crippen LogP contribution in [0.1, 0.15) is 37.7 Å². The third-order valence-electron chi connectivity index (χ3n) is 5.34. The van der Waals surface area contributed by atoms with Gasteiger partial charge in [0.05, 0.1) is 11.4 Å². The minimum atomic E-state index is -0.775. The molecule has 0 unspecified atom stereocenters. The molecule has 2 aliphatic rings. The average molecular weight is 319 g/mol. The molecule has 0 spiro atoms. The van der Waals surface area contributed by atoms with Gasteiger partial charge in [-0.25, -0.2) is 0 Å². The number of rotatable bonds is 3. The molecule has 0 radical (unpaired) electrons. The maximum atomic E-state index is 12.4. The molecule has 1 aromatic rings. The predicted octanol–water partition coefficient (Wildman–Crippen LogP) is 3.03. The molecule has 1 heterocycles. The molecule has 1 aromatic carbocycles. The third-order valence-corrected chi connectivity index (χ3v) is 5.87. The number of hydrogen-bond donors (Lipinski definition) is 1. The van der Waals surface area contributed by atoms with Crippen molar-refractivity contribution in [3.05, 3.63) is 35.9 Å². The number of amides is 1. The fourth-order valence-electron chi connectivity index (χ4n) is 4.28. The van der Waals surface area contributed by atoms with Crippen LogP contribution in [0.4, 0.5) is 0 Å². The molecular formula is C18H25NO2S. The van der Waals surface area contributed by atoms with Gasteiger partial charge in [0.2, 0.25) is 5.91 Å². The van der Waals surface area contributed by atoms with E-state index in [0.717, 1.165) is 31.2 Å². The highest BCUT2D eigenvalue weighted by molar-refractivity contribution is 7.99. The van der Waals surface area contributed by atoms with Gasteiger partial charge in [-0.05, 0) is 31.1 Å². The van der Waals surface area contributed by atoms with E-state index in [4.69, 9.17) is 0 Å². The summed E-state index contributed by atoms with van der Waals surface area (Å²) in [4.78, 5) is 14.5. The maximum Gasteiger partial charge on any atom is 0.232 e. The number of fused-ring (bicyclic) bond motifs is 1. The summed E-state index contributed by atoms with van der Waals surface area (Å²) >= 11 is 1.59. The number of nitrogens with zero attached hydrogens (tertiary/aromatic N) is 1. The molecule has 1 saturated heterocycles. The van der Waals surface area contributed by atoms with Crippen molar-refractivity contribution in [2.75, 3.05) is 18.6 Å². The van der Waals surface area contributed by atoms with E-state index in [1.807, 2.05) is 36.6 Å². The molecule has 1 aliphatic heterocycles. The summed E-state index contributed by atoms with van der Waals surface area (Å²) in [6, 6.07) is 10.2. The lowest BCUT2D eigenvalue weighted by Crippen LogP contribution is -2.59. The number of thioether (sulfide) groups is 1. The second-order valence-corrected chi connectivity index (χ2v) is 7.38. The van der Waals surface area contributed by atoms with Crippen molar-refractivity contribution >= 4 is 17.7 Å². The minimum absolute atomic E-state index is 0.170. The number of piperidine rings is 1. The minimum Gasteiger partial charge on any atom is -0.385 e. The standard InChI is InChI=1S/C18H25NO2S/c1-22-13-17(20)19-12-11-18(21,14-7-3-2-4-8-14)15-9-5-6-10-16(15)19/h2-4,7-8,15-16,21H,5-6,9-13H2,1H3/t15-,16+,18+/m0/s1. The fraction of sp³-hybridized carbons (Fsp3) is 0.611. The molecule has 22 heavy (non-hydrogen) atoms. The molecule has 3 atom stereocenters. The summed E-state index contributed by atoms with van der Waals surface area (Å²) in [7, 11) is 0. The lowest BCUT2D eigenvalue weighted by atomic mass is 9.66. The zero-order chi connectivity index (χ0) is 15.6. The first kappa shape index (κ1) is 15.9. The van der Waals surface area contributed by atoms with Crippen LogP contribution in [0.3, 0.4) is 0 Å². The third kappa shape index (κ3) is 2.79. The average Bonchev–Trinajstić information content (AvgIpc) is 2.56. The van der Waals surface area contributed by atoms with Crippen LogP contribution in [-0.4, -0.2) is 40.5 Å². The summed E-state index contributed by atoms with van der Waals surface area (Å²) in [6.07, 6.45) is 6.98. The van der Waals surface area contributed by atoms with Gasteiger partial charge in [-0.3, -0.25) is 4.79 Å². The second-order valence-electron chi connectivity index (χ2n) is 6.52. The zero-order valence-corrected chi connectivity index (χ0v) is 14.0. The van der Waals surface area contributed by atoms with Crippen molar-refractivity contribution < 1.29 is 9.90 Å². The summed E-state index contributed by atoms with van der Waals surface area (Å²) in [5.41, 5.74) is 0.242. The Morgan fingerprint density at radius 1 is 1.32 bits per heavy atom. The van der Waals surface area contributed by atoms with Crippen molar-refractivity contribution in [1.29, 1.82) is 0 Å². The van der Waals surface area contributed by atoms with Crippen molar-refractivity contribution in [2.24, 2.45) is 5.92 Å². The fourth-order valence-corrected chi connectivity index (χ4v) is 4.70. The van der Waals surface area contributed by atoms with E-state index in [-0.39, 0.29) is 17.9 Å². The Bertz CT molecular complexity index is 521. The van der Waals surface area contributed by atoms with E-state index < -0.39 is 5.60 Å². The van der Waals surface area contributed by atoms with Gasteiger partial charge in [0.1, 0.15) is 0 Å². The number of carbonyl (C=O) groups excluding carboxylic acids is 1.